The van der Waals surface area contributed by atoms with Crippen molar-refractivity contribution < 1.29 is 17.9 Å². The first kappa shape index (κ1) is 10.1. The maximum atomic E-state index is 12.6. The summed E-state index contributed by atoms with van der Waals surface area (Å²) in [6.45, 7) is 1.94. The third-order valence-corrected chi connectivity index (χ3v) is 2.32. The van der Waals surface area contributed by atoms with Gasteiger partial charge in [0.1, 0.15) is 5.75 Å². The minimum absolute atomic E-state index is 0.265. The number of nitrogens with zero attached hydrogens (tertiary/aromatic N) is 1. The van der Waals surface area contributed by atoms with Gasteiger partial charge in [-0.05, 0) is 19.1 Å². The topological polar surface area (TPSA) is 12.5 Å². The second-order valence-corrected chi connectivity index (χ2v) is 3.27. The highest BCUT2D eigenvalue weighted by Gasteiger charge is 2.49. The van der Waals surface area contributed by atoms with Crippen LogP contribution < -0.4 is 9.64 Å². The van der Waals surface area contributed by atoms with Crippen molar-refractivity contribution in [3.63, 3.8) is 0 Å². The summed E-state index contributed by atoms with van der Waals surface area (Å²) in [7, 11) is 0. The van der Waals surface area contributed by atoms with Crippen molar-refractivity contribution in [3.8, 4) is 5.75 Å². The molecule has 2 rings (SSSR count). The molecule has 1 heterocycles. The van der Waals surface area contributed by atoms with Crippen molar-refractivity contribution >= 4 is 5.69 Å². The van der Waals surface area contributed by atoms with E-state index in [1.807, 2.05) is 0 Å². The van der Waals surface area contributed by atoms with E-state index in [-0.39, 0.29) is 6.54 Å². The molecule has 15 heavy (non-hydrogen) atoms. The Hall–Kier alpha value is -1.39. The first-order chi connectivity index (χ1) is 7.04. The lowest BCUT2D eigenvalue weighted by molar-refractivity contribution is -0.190. The summed E-state index contributed by atoms with van der Waals surface area (Å²) in [5, 5.41) is 0. The van der Waals surface area contributed by atoms with Gasteiger partial charge >= 0.3 is 6.18 Å². The Balaban J connectivity index is 2.37. The Labute approximate surface area is 85.3 Å². The molecule has 0 aromatic heterocycles. The predicted octanol–water partition coefficient (Wildman–Crippen LogP) is 2.79. The normalized spacial score (nSPS) is 20.0. The van der Waals surface area contributed by atoms with Crippen molar-refractivity contribution in [1.29, 1.82) is 0 Å². The molecule has 1 atom stereocenters. The van der Waals surface area contributed by atoms with Crippen molar-refractivity contribution in [1.82, 2.24) is 0 Å². The van der Waals surface area contributed by atoms with Crippen LogP contribution in [0, 0.1) is 0 Å². The van der Waals surface area contributed by atoms with Crippen LogP contribution in [-0.4, -0.2) is 18.9 Å². The fourth-order valence-corrected chi connectivity index (χ4v) is 1.68. The Morgan fingerprint density at radius 3 is 2.60 bits per heavy atom. The van der Waals surface area contributed by atoms with Crippen LogP contribution in [0.2, 0.25) is 0 Å². The summed E-state index contributed by atoms with van der Waals surface area (Å²) in [6, 6.07) is 6.53. The number of hydrogen-bond donors (Lipinski definition) is 0. The highest BCUT2D eigenvalue weighted by molar-refractivity contribution is 5.62. The number of benzene rings is 1. The average molecular weight is 217 g/mol. The summed E-state index contributed by atoms with van der Waals surface area (Å²) >= 11 is 0. The zero-order valence-corrected chi connectivity index (χ0v) is 8.08. The van der Waals surface area contributed by atoms with Crippen molar-refractivity contribution in [2.75, 3.05) is 11.4 Å². The fraction of sp³-hybridized carbons (Fsp3) is 0.400. The first-order valence-electron chi connectivity index (χ1n) is 4.63. The Morgan fingerprint density at radius 2 is 2.00 bits per heavy atom. The summed E-state index contributed by atoms with van der Waals surface area (Å²) in [4.78, 5) is 1.20. The Morgan fingerprint density at radius 1 is 1.33 bits per heavy atom. The molecule has 1 aliphatic rings. The second kappa shape index (κ2) is 3.32. The van der Waals surface area contributed by atoms with Gasteiger partial charge in [-0.3, -0.25) is 0 Å². The maximum Gasteiger partial charge on any atom is 0.445 e. The van der Waals surface area contributed by atoms with Gasteiger partial charge in [0.2, 0.25) is 0 Å². The molecular formula is C10H10F3NO. The molecule has 0 bridgehead atoms. The van der Waals surface area contributed by atoms with Gasteiger partial charge in [0.25, 0.3) is 6.23 Å². The van der Waals surface area contributed by atoms with Gasteiger partial charge in [0.15, 0.2) is 0 Å². The third kappa shape index (κ3) is 1.62. The summed E-state index contributed by atoms with van der Waals surface area (Å²) < 4.78 is 42.7. The number of hydrogen-bond acceptors (Lipinski definition) is 2. The van der Waals surface area contributed by atoms with E-state index in [9.17, 15) is 13.2 Å². The third-order valence-electron chi connectivity index (χ3n) is 2.32. The fourth-order valence-electron chi connectivity index (χ4n) is 1.68. The van der Waals surface area contributed by atoms with E-state index in [1.54, 1.807) is 31.2 Å². The molecule has 5 heteroatoms. The largest absolute Gasteiger partial charge is 0.459 e. The standard InChI is InChI=1S/C10H10F3NO/c1-2-14-7-5-3-4-6-8(7)15-9(14)10(11,12)13/h3-6,9H,2H2,1H3. The SMILES string of the molecule is CCN1c2ccccc2OC1C(F)(F)F. The molecule has 0 radical (unpaired) electrons. The van der Waals surface area contributed by atoms with E-state index < -0.39 is 12.4 Å². The van der Waals surface area contributed by atoms with Crippen LogP contribution in [0.4, 0.5) is 18.9 Å². The van der Waals surface area contributed by atoms with Gasteiger partial charge in [-0.2, -0.15) is 13.2 Å². The van der Waals surface area contributed by atoms with Gasteiger partial charge < -0.3 is 9.64 Å². The minimum atomic E-state index is -4.37. The number of ether oxygens (including phenoxy) is 1. The Bertz CT molecular complexity index is 364. The number of fused-ring (bicyclic) bond motifs is 1. The zero-order valence-electron chi connectivity index (χ0n) is 8.08. The van der Waals surface area contributed by atoms with Crippen LogP contribution in [0.5, 0.6) is 5.75 Å². The van der Waals surface area contributed by atoms with Crippen molar-refractivity contribution in [2.24, 2.45) is 0 Å². The van der Waals surface area contributed by atoms with Crippen molar-refractivity contribution in [3.05, 3.63) is 24.3 Å². The number of halogens is 3. The van der Waals surface area contributed by atoms with E-state index in [2.05, 4.69) is 0 Å². The van der Waals surface area contributed by atoms with Gasteiger partial charge in [0.05, 0.1) is 5.69 Å². The lowest BCUT2D eigenvalue weighted by Crippen LogP contribution is -2.46. The van der Waals surface area contributed by atoms with Gasteiger partial charge in [-0.1, -0.05) is 12.1 Å². The average Bonchev–Trinajstić information content (AvgIpc) is 2.55. The quantitative estimate of drug-likeness (QED) is 0.717. The minimum Gasteiger partial charge on any atom is -0.459 e. The van der Waals surface area contributed by atoms with Gasteiger partial charge in [-0.15, -0.1) is 0 Å². The zero-order chi connectivity index (χ0) is 11.1. The first-order valence-corrected chi connectivity index (χ1v) is 4.63. The van der Waals surface area contributed by atoms with Crippen molar-refractivity contribution in [2.45, 2.75) is 19.3 Å². The summed E-state index contributed by atoms with van der Waals surface area (Å²) in [5.41, 5.74) is 0.502. The molecule has 0 aliphatic carbocycles. The van der Waals surface area contributed by atoms with Crippen LogP contribution in [-0.2, 0) is 0 Å². The second-order valence-electron chi connectivity index (χ2n) is 3.27. The molecule has 0 saturated heterocycles. The molecule has 0 spiro atoms. The Kier molecular flexibility index (Phi) is 2.25. The highest BCUT2D eigenvalue weighted by atomic mass is 19.4. The van der Waals surface area contributed by atoms with E-state index in [0.717, 1.165) is 0 Å². The summed E-state index contributed by atoms with van der Waals surface area (Å²) in [6.07, 6.45) is -6.21. The molecule has 2 nitrogen and oxygen atoms in total. The number of rotatable bonds is 1. The highest BCUT2D eigenvalue weighted by Crippen LogP contribution is 2.41. The molecule has 1 unspecified atom stereocenters. The van der Waals surface area contributed by atoms with E-state index in [4.69, 9.17) is 4.74 Å². The van der Waals surface area contributed by atoms with Crippen LogP contribution in [0.25, 0.3) is 0 Å². The van der Waals surface area contributed by atoms with E-state index in [0.29, 0.717) is 11.4 Å². The molecule has 1 aromatic rings. The predicted molar refractivity (Wildman–Crippen MR) is 49.9 cm³/mol. The lowest BCUT2D eigenvalue weighted by atomic mass is 10.3. The maximum absolute atomic E-state index is 12.6. The van der Waals surface area contributed by atoms with Gasteiger partial charge in [-0.25, -0.2) is 0 Å². The molecule has 0 saturated carbocycles. The smallest absolute Gasteiger partial charge is 0.445 e. The molecule has 82 valence electrons. The van der Waals surface area contributed by atoms with E-state index in [1.165, 1.54) is 4.90 Å². The van der Waals surface area contributed by atoms with Crippen LogP contribution in [0.15, 0.2) is 24.3 Å². The number of anilines is 1. The molecular weight excluding hydrogens is 207 g/mol. The molecule has 0 fully saturated rings. The molecule has 1 aromatic carbocycles. The molecule has 0 amide bonds. The lowest BCUT2D eigenvalue weighted by Gasteiger charge is -2.25. The number of alkyl halides is 3. The molecule has 0 N–H and O–H groups in total. The monoisotopic (exact) mass is 217 g/mol. The van der Waals surface area contributed by atoms with Crippen LogP contribution in [0.3, 0.4) is 0 Å². The van der Waals surface area contributed by atoms with Gasteiger partial charge in [0, 0.05) is 6.54 Å². The van der Waals surface area contributed by atoms with Crippen LogP contribution in [0.1, 0.15) is 6.92 Å². The van der Waals surface area contributed by atoms with Crippen LogP contribution >= 0.6 is 0 Å². The number of para-hydroxylation sites is 2. The van der Waals surface area contributed by atoms with E-state index >= 15 is 0 Å². The molecule has 1 aliphatic heterocycles. The summed E-state index contributed by atoms with van der Waals surface area (Å²) in [5.74, 6) is 0.293.